The molecule has 0 saturated carbocycles. The number of hydrogen-bond acceptors (Lipinski definition) is 5. The highest BCUT2D eigenvalue weighted by Gasteiger charge is 2.31. The first-order valence-electron chi connectivity index (χ1n) is 6.97. The highest BCUT2D eigenvalue weighted by atomic mass is 32.1. The molecule has 8 heteroatoms. The summed E-state index contributed by atoms with van der Waals surface area (Å²) < 4.78 is 1.96. The number of carbonyl (C=O) groups excluding carboxylic acids is 1. The van der Waals surface area contributed by atoms with Crippen LogP contribution in [-0.2, 0) is 0 Å². The van der Waals surface area contributed by atoms with Gasteiger partial charge in [0.1, 0.15) is 0 Å². The van der Waals surface area contributed by atoms with E-state index < -0.39 is 0 Å². The zero-order valence-corrected chi connectivity index (χ0v) is 12.5. The maximum absolute atomic E-state index is 11.6. The fraction of sp³-hybridized carbons (Fsp3) is 0.462. The second-order valence-electron chi connectivity index (χ2n) is 5.39. The van der Waals surface area contributed by atoms with Crippen molar-refractivity contribution in [2.45, 2.75) is 13.0 Å². The molecule has 4 rings (SSSR count). The Balaban J connectivity index is 1.42. The fourth-order valence-electron chi connectivity index (χ4n) is 2.65. The minimum Gasteiger partial charge on any atom is -0.344 e. The molecule has 0 unspecified atom stereocenters. The van der Waals surface area contributed by atoms with Gasteiger partial charge in [-0.25, -0.2) is 9.78 Å². The number of amides is 2. The number of hydrogen-bond donors (Lipinski definition) is 1. The Bertz CT molecular complexity index is 674. The highest BCUT2D eigenvalue weighted by molar-refractivity contribution is 7.13. The lowest BCUT2D eigenvalue weighted by atomic mass is 10.1. The molecule has 21 heavy (non-hydrogen) atoms. The first kappa shape index (κ1) is 12.6. The number of anilines is 2. The Hall–Kier alpha value is -2.09. The zero-order valence-electron chi connectivity index (χ0n) is 11.7. The molecular formula is C13H16N6OS. The van der Waals surface area contributed by atoms with Crippen LogP contribution in [0.1, 0.15) is 11.7 Å². The SMILES string of the molecule is Cc1csc(N2CC(n3cc(N4CCNC4=O)cn3)C2)n1. The molecule has 2 fully saturated rings. The average Bonchev–Trinajstić information content (AvgIpc) is 3.10. The molecule has 2 amide bonds. The lowest BCUT2D eigenvalue weighted by Gasteiger charge is -2.39. The van der Waals surface area contributed by atoms with Crippen LogP contribution in [0.4, 0.5) is 15.6 Å². The summed E-state index contributed by atoms with van der Waals surface area (Å²) in [5.41, 5.74) is 1.94. The van der Waals surface area contributed by atoms with Crippen LogP contribution in [-0.4, -0.2) is 47.0 Å². The van der Waals surface area contributed by atoms with Crippen molar-refractivity contribution in [2.75, 3.05) is 36.0 Å². The van der Waals surface area contributed by atoms with Crippen molar-refractivity contribution in [1.29, 1.82) is 0 Å². The van der Waals surface area contributed by atoms with Gasteiger partial charge in [0.2, 0.25) is 0 Å². The molecule has 2 aliphatic heterocycles. The van der Waals surface area contributed by atoms with E-state index in [4.69, 9.17) is 0 Å². The standard InChI is InChI=1S/C13H16N6OS/c1-9-8-21-13(16-9)17-5-11(6-17)19-7-10(4-15-19)18-3-2-14-12(18)20/h4,7-8,11H,2-3,5-6H2,1H3,(H,14,20). The van der Waals surface area contributed by atoms with Crippen LogP contribution in [0, 0.1) is 6.92 Å². The van der Waals surface area contributed by atoms with Crippen molar-refractivity contribution in [1.82, 2.24) is 20.1 Å². The van der Waals surface area contributed by atoms with Gasteiger partial charge in [-0.05, 0) is 6.92 Å². The van der Waals surface area contributed by atoms with E-state index in [2.05, 4.69) is 25.7 Å². The Morgan fingerprint density at radius 3 is 2.95 bits per heavy atom. The van der Waals surface area contributed by atoms with E-state index in [9.17, 15) is 4.79 Å². The number of carbonyl (C=O) groups is 1. The zero-order chi connectivity index (χ0) is 14.4. The molecule has 4 heterocycles. The summed E-state index contributed by atoms with van der Waals surface area (Å²) >= 11 is 1.68. The van der Waals surface area contributed by atoms with E-state index in [1.165, 1.54) is 0 Å². The molecule has 1 N–H and O–H groups in total. The molecule has 0 atom stereocenters. The minimum atomic E-state index is -0.0388. The van der Waals surface area contributed by atoms with E-state index in [0.29, 0.717) is 19.1 Å². The predicted molar refractivity (Wildman–Crippen MR) is 81.1 cm³/mol. The van der Waals surface area contributed by atoms with Gasteiger partial charge >= 0.3 is 6.03 Å². The number of aryl methyl sites for hydroxylation is 1. The fourth-order valence-corrected chi connectivity index (χ4v) is 3.47. The van der Waals surface area contributed by atoms with Crippen molar-refractivity contribution in [3.8, 4) is 0 Å². The van der Waals surface area contributed by atoms with E-state index in [1.807, 2.05) is 17.8 Å². The number of nitrogens with zero attached hydrogens (tertiary/aromatic N) is 5. The Morgan fingerprint density at radius 1 is 1.43 bits per heavy atom. The lowest BCUT2D eigenvalue weighted by molar-refractivity contribution is 0.252. The van der Waals surface area contributed by atoms with Crippen LogP contribution in [0.5, 0.6) is 0 Å². The maximum atomic E-state index is 11.6. The molecule has 2 saturated heterocycles. The van der Waals surface area contributed by atoms with Crippen molar-refractivity contribution in [3.05, 3.63) is 23.5 Å². The second-order valence-corrected chi connectivity index (χ2v) is 6.23. The molecule has 0 radical (unpaired) electrons. The molecule has 0 bridgehead atoms. The lowest BCUT2D eigenvalue weighted by Crippen LogP contribution is -2.48. The molecule has 0 aliphatic carbocycles. The molecule has 0 aromatic carbocycles. The van der Waals surface area contributed by atoms with Gasteiger partial charge in [-0.2, -0.15) is 5.10 Å². The quantitative estimate of drug-likeness (QED) is 0.926. The molecular weight excluding hydrogens is 288 g/mol. The molecule has 2 aliphatic rings. The van der Waals surface area contributed by atoms with Gasteiger partial charge in [-0.15, -0.1) is 11.3 Å². The average molecular weight is 304 g/mol. The topological polar surface area (TPSA) is 66.3 Å². The summed E-state index contributed by atoms with van der Waals surface area (Å²) in [7, 11) is 0. The van der Waals surface area contributed by atoms with Crippen LogP contribution < -0.4 is 15.1 Å². The van der Waals surface area contributed by atoms with Gasteiger partial charge in [0.15, 0.2) is 5.13 Å². The van der Waals surface area contributed by atoms with Crippen molar-refractivity contribution in [2.24, 2.45) is 0 Å². The Labute approximate surface area is 126 Å². The summed E-state index contributed by atoms with van der Waals surface area (Å²) in [4.78, 5) is 20.1. The summed E-state index contributed by atoms with van der Waals surface area (Å²) in [6, 6.07) is 0.316. The molecule has 2 aromatic rings. The third-order valence-corrected chi connectivity index (χ3v) is 4.89. The van der Waals surface area contributed by atoms with E-state index in [-0.39, 0.29) is 6.03 Å². The van der Waals surface area contributed by atoms with E-state index in [0.717, 1.165) is 29.6 Å². The third-order valence-electron chi connectivity index (χ3n) is 3.87. The van der Waals surface area contributed by atoms with Crippen molar-refractivity contribution >= 4 is 28.2 Å². The monoisotopic (exact) mass is 304 g/mol. The normalized spacial score (nSPS) is 19.0. The minimum absolute atomic E-state index is 0.0388. The van der Waals surface area contributed by atoms with Crippen molar-refractivity contribution in [3.63, 3.8) is 0 Å². The largest absolute Gasteiger partial charge is 0.344 e. The number of thiazole rings is 1. The van der Waals surface area contributed by atoms with Gasteiger partial charge in [0, 0.05) is 37.8 Å². The molecule has 2 aromatic heterocycles. The number of nitrogens with one attached hydrogen (secondary N) is 1. The second kappa shape index (κ2) is 4.73. The van der Waals surface area contributed by atoms with E-state index in [1.54, 1.807) is 22.4 Å². The first-order valence-corrected chi connectivity index (χ1v) is 7.85. The van der Waals surface area contributed by atoms with Crippen LogP contribution in [0.3, 0.4) is 0 Å². The van der Waals surface area contributed by atoms with Crippen LogP contribution in [0.15, 0.2) is 17.8 Å². The van der Waals surface area contributed by atoms with Gasteiger partial charge in [0.25, 0.3) is 0 Å². The summed E-state index contributed by atoms with van der Waals surface area (Å²) in [6.07, 6.45) is 3.72. The highest BCUT2D eigenvalue weighted by Crippen LogP contribution is 2.30. The Morgan fingerprint density at radius 2 is 2.29 bits per heavy atom. The number of aromatic nitrogens is 3. The van der Waals surface area contributed by atoms with Crippen LogP contribution in [0.25, 0.3) is 0 Å². The van der Waals surface area contributed by atoms with Crippen molar-refractivity contribution < 1.29 is 4.79 Å². The number of rotatable bonds is 3. The number of urea groups is 1. The smallest absolute Gasteiger partial charge is 0.322 e. The summed E-state index contributed by atoms with van der Waals surface area (Å²) in [5, 5.41) is 10.4. The van der Waals surface area contributed by atoms with Crippen LogP contribution >= 0.6 is 11.3 Å². The predicted octanol–water partition coefficient (Wildman–Crippen LogP) is 1.24. The van der Waals surface area contributed by atoms with Gasteiger partial charge in [0.05, 0.1) is 23.6 Å². The van der Waals surface area contributed by atoms with Gasteiger partial charge in [-0.1, -0.05) is 0 Å². The van der Waals surface area contributed by atoms with E-state index >= 15 is 0 Å². The molecule has 110 valence electrons. The van der Waals surface area contributed by atoms with Gasteiger partial charge < -0.3 is 10.2 Å². The maximum Gasteiger partial charge on any atom is 0.322 e. The summed E-state index contributed by atoms with van der Waals surface area (Å²) in [5.74, 6) is 0. The van der Waals surface area contributed by atoms with Gasteiger partial charge in [-0.3, -0.25) is 9.58 Å². The first-order chi connectivity index (χ1) is 10.2. The molecule has 7 nitrogen and oxygen atoms in total. The van der Waals surface area contributed by atoms with Crippen LogP contribution in [0.2, 0.25) is 0 Å². The third kappa shape index (κ3) is 2.15. The molecule has 0 spiro atoms. The Kier molecular flexibility index (Phi) is 2.85. The summed E-state index contributed by atoms with van der Waals surface area (Å²) in [6.45, 7) is 5.25.